The number of carbonyl (C=O) groups excluding carboxylic acids is 1. The van der Waals surface area contributed by atoms with Crippen LogP contribution in [-0.4, -0.2) is 31.0 Å². The molecule has 2 rings (SSSR count). The highest BCUT2D eigenvalue weighted by molar-refractivity contribution is 5.94. The van der Waals surface area contributed by atoms with Crippen molar-refractivity contribution in [3.63, 3.8) is 0 Å². The molecule has 0 saturated carbocycles. The number of para-hydroxylation sites is 1. The number of halogens is 1. The molecule has 0 aromatic heterocycles. The lowest BCUT2D eigenvalue weighted by molar-refractivity contribution is 0.0769. The van der Waals surface area contributed by atoms with Crippen LogP contribution in [0, 0.1) is 5.82 Å². The number of nitrogens with zero attached hydrogens (tertiary/aromatic N) is 1. The van der Waals surface area contributed by atoms with Gasteiger partial charge >= 0.3 is 0 Å². The Balaban J connectivity index is 1.87. The van der Waals surface area contributed by atoms with Crippen molar-refractivity contribution in [2.45, 2.75) is 0 Å². The van der Waals surface area contributed by atoms with E-state index in [4.69, 9.17) is 4.74 Å². The fraction of sp³-hybridized carbons (Fsp3) is 0.188. The van der Waals surface area contributed by atoms with Crippen LogP contribution in [-0.2, 0) is 0 Å². The summed E-state index contributed by atoms with van der Waals surface area (Å²) in [7, 11) is 1.63. The molecule has 1 amide bonds. The maximum absolute atomic E-state index is 13.5. The van der Waals surface area contributed by atoms with Crippen LogP contribution in [0.2, 0.25) is 0 Å². The third-order valence-corrected chi connectivity index (χ3v) is 2.89. The first-order valence-corrected chi connectivity index (χ1v) is 6.36. The molecule has 0 aliphatic rings. The van der Waals surface area contributed by atoms with E-state index in [0.717, 1.165) is 5.75 Å². The van der Waals surface area contributed by atoms with Gasteiger partial charge in [-0.1, -0.05) is 30.3 Å². The van der Waals surface area contributed by atoms with Crippen molar-refractivity contribution in [3.8, 4) is 5.75 Å². The van der Waals surface area contributed by atoms with Crippen LogP contribution in [0.1, 0.15) is 10.4 Å². The highest BCUT2D eigenvalue weighted by Crippen LogP contribution is 2.10. The number of rotatable bonds is 5. The van der Waals surface area contributed by atoms with Gasteiger partial charge in [-0.15, -0.1) is 0 Å². The zero-order chi connectivity index (χ0) is 14.4. The first-order chi connectivity index (χ1) is 9.68. The largest absolute Gasteiger partial charge is 0.492 e. The SMILES string of the molecule is CN(CCOc1ccccc1)C(=O)c1ccccc1F. The van der Waals surface area contributed by atoms with E-state index in [2.05, 4.69) is 0 Å². The number of likely N-dealkylation sites (N-methyl/N-ethyl adjacent to an activating group) is 1. The second-order valence-corrected chi connectivity index (χ2v) is 4.37. The Kier molecular flexibility index (Phi) is 4.71. The van der Waals surface area contributed by atoms with Crippen molar-refractivity contribution < 1.29 is 13.9 Å². The van der Waals surface area contributed by atoms with Gasteiger partial charge < -0.3 is 9.64 Å². The van der Waals surface area contributed by atoms with Crippen molar-refractivity contribution in [1.29, 1.82) is 0 Å². The van der Waals surface area contributed by atoms with Gasteiger partial charge in [0, 0.05) is 7.05 Å². The van der Waals surface area contributed by atoms with Gasteiger partial charge in [-0.25, -0.2) is 4.39 Å². The highest BCUT2D eigenvalue weighted by Gasteiger charge is 2.15. The lowest BCUT2D eigenvalue weighted by Gasteiger charge is -2.17. The van der Waals surface area contributed by atoms with Crippen LogP contribution in [0.15, 0.2) is 54.6 Å². The van der Waals surface area contributed by atoms with Crippen molar-refractivity contribution in [2.24, 2.45) is 0 Å². The number of carbonyl (C=O) groups is 1. The minimum absolute atomic E-state index is 0.0784. The summed E-state index contributed by atoms with van der Waals surface area (Å²) in [6.45, 7) is 0.753. The molecular weight excluding hydrogens is 257 g/mol. The summed E-state index contributed by atoms with van der Waals surface area (Å²) >= 11 is 0. The van der Waals surface area contributed by atoms with Gasteiger partial charge in [0.05, 0.1) is 12.1 Å². The van der Waals surface area contributed by atoms with Gasteiger partial charge in [0.15, 0.2) is 0 Å². The van der Waals surface area contributed by atoms with Crippen molar-refractivity contribution >= 4 is 5.91 Å². The van der Waals surface area contributed by atoms with E-state index in [1.165, 1.54) is 17.0 Å². The third-order valence-electron chi connectivity index (χ3n) is 2.89. The van der Waals surface area contributed by atoms with E-state index in [1.54, 1.807) is 19.2 Å². The molecule has 4 heteroatoms. The molecule has 0 fully saturated rings. The summed E-state index contributed by atoms with van der Waals surface area (Å²) in [6.07, 6.45) is 0. The predicted octanol–water partition coefficient (Wildman–Crippen LogP) is 2.98. The molecule has 0 spiro atoms. The molecular formula is C16H16FNO2. The Hall–Kier alpha value is -2.36. The molecule has 2 aromatic rings. The van der Waals surface area contributed by atoms with E-state index in [-0.39, 0.29) is 11.5 Å². The molecule has 20 heavy (non-hydrogen) atoms. The van der Waals surface area contributed by atoms with E-state index in [0.29, 0.717) is 13.2 Å². The summed E-state index contributed by atoms with van der Waals surface area (Å²) in [4.78, 5) is 13.5. The Labute approximate surface area is 117 Å². The fourth-order valence-corrected chi connectivity index (χ4v) is 1.76. The van der Waals surface area contributed by atoms with Gasteiger partial charge in [0.25, 0.3) is 5.91 Å². The molecule has 2 aromatic carbocycles. The van der Waals surface area contributed by atoms with Crippen molar-refractivity contribution in [1.82, 2.24) is 4.90 Å². The summed E-state index contributed by atoms with van der Waals surface area (Å²) in [5, 5.41) is 0. The topological polar surface area (TPSA) is 29.5 Å². The third kappa shape index (κ3) is 3.57. The monoisotopic (exact) mass is 273 g/mol. The van der Waals surface area contributed by atoms with E-state index < -0.39 is 5.82 Å². The Morgan fingerprint density at radius 3 is 2.45 bits per heavy atom. The quantitative estimate of drug-likeness (QED) is 0.838. The number of ether oxygens (including phenoxy) is 1. The standard InChI is InChI=1S/C16H16FNO2/c1-18(11-12-20-13-7-3-2-4-8-13)16(19)14-9-5-6-10-15(14)17/h2-10H,11-12H2,1H3. The van der Waals surface area contributed by atoms with Gasteiger partial charge in [-0.05, 0) is 24.3 Å². The normalized spacial score (nSPS) is 10.1. The highest BCUT2D eigenvalue weighted by atomic mass is 19.1. The Morgan fingerprint density at radius 1 is 1.10 bits per heavy atom. The second kappa shape index (κ2) is 6.70. The summed E-state index contributed by atoms with van der Waals surface area (Å²) in [5.74, 6) is -0.104. The molecule has 0 N–H and O–H groups in total. The van der Waals surface area contributed by atoms with Crippen LogP contribution in [0.25, 0.3) is 0 Å². The van der Waals surface area contributed by atoms with Crippen LogP contribution in [0.4, 0.5) is 4.39 Å². The van der Waals surface area contributed by atoms with Gasteiger partial charge in [0.1, 0.15) is 18.2 Å². The molecule has 0 aliphatic heterocycles. The predicted molar refractivity (Wildman–Crippen MR) is 75.3 cm³/mol. The Morgan fingerprint density at radius 2 is 1.75 bits per heavy atom. The average molecular weight is 273 g/mol. The molecule has 0 atom stereocenters. The minimum Gasteiger partial charge on any atom is -0.492 e. The van der Waals surface area contributed by atoms with Crippen molar-refractivity contribution in [3.05, 3.63) is 66.0 Å². The van der Waals surface area contributed by atoms with Crippen LogP contribution >= 0.6 is 0 Å². The minimum atomic E-state index is -0.506. The Bertz CT molecular complexity index is 572. The average Bonchev–Trinajstić information content (AvgIpc) is 2.48. The lowest BCUT2D eigenvalue weighted by atomic mass is 10.2. The molecule has 104 valence electrons. The maximum atomic E-state index is 13.5. The molecule has 0 radical (unpaired) electrons. The molecule has 3 nitrogen and oxygen atoms in total. The van der Waals surface area contributed by atoms with E-state index in [9.17, 15) is 9.18 Å². The summed E-state index contributed by atoms with van der Waals surface area (Å²) in [6, 6.07) is 15.3. The maximum Gasteiger partial charge on any atom is 0.256 e. The van der Waals surface area contributed by atoms with Crippen LogP contribution in [0.5, 0.6) is 5.75 Å². The lowest BCUT2D eigenvalue weighted by Crippen LogP contribution is -2.31. The molecule has 0 unspecified atom stereocenters. The second-order valence-electron chi connectivity index (χ2n) is 4.37. The zero-order valence-corrected chi connectivity index (χ0v) is 11.3. The number of hydrogen-bond acceptors (Lipinski definition) is 2. The van der Waals surface area contributed by atoms with E-state index in [1.807, 2.05) is 30.3 Å². The first kappa shape index (κ1) is 14.1. The zero-order valence-electron chi connectivity index (χ0n) is 11.3. The molecule has 0 bridgehead atoms. The fourth-order valence-electron chi connectivity index (χ4n) is 1.76. The molecule has 0 saturated heterocycles. The van der Waals surface area contributed by atoms with Gasteiger partial charge in [-0.2, -0.15) is 0 Å². The van der Waals surface area contributed by atoms with E-state index >= 15 is 0 Å². The van der Waals surface area contributed by atoms with Gasteiger partial charge in [-0.3, -0.25) is 4.79 Å². The summed E-state index contributed by atoms with van der Waals surface area (Å²) < 4.78 is 19.0. The number of benzene rings is 2. The molecule has 0 heterocycles. The smallest absolute Gasteiger partial charge is 0.256 e. The number of hydrogen-bond donors (Lipinski definition) is 0. The first-order valence-electron chi connectivity index (χ1n) is 6.36. The van der Waals surface area contributed by atoms with Gasteiger partial charge in [0.2, 0.25) is 0 Å². The summed E-state index contributed by atoms with van der Waals surface area (Å²) in [5.41, 5.74) is 0.0784. The van der Waals surface area contributed by atoms with Crippen molar-refractivity contribution in [2.75, 3.05) is 20.2 Å². The number of amides is 1. The van der Waals surface area contributed by atoms with Crippen LogP contribution in [0.3, 0.4) is 0 Å². The molecule has 0 aliphatic carbocycles. The van der Waals surface area contributed by atoms with Crippen LogP contribution < -0.4 is 4.74 Å².